The van der Waals surface area contributed by atoms with E-state index in [0.717, 1.165) is 12.0 Å². The van der Waals surface area contributed by atoms with Crippen LogP contribution in [0.25, 0.3) is 0 Å². The van der Waals surface area contributed by atoms with Crippen molar-refractivity contribution >= 4 is 11.8 Å². The van der Waals surface area contributed by atoms with Crippen LogP contribution >= 0.6 is 0 Å². The van der Waals surface area contributed by atoms with E-state index in [4.69, 9.17) is 4.74 Å². The minimum atomic E-state index is -0.930. The maximum Gasteiger partial charge on any atom is 0.320 e. The van der Waals surface area contributed by atoms with E-state index in [0.29, 0.717) is 13.0 Å². The van der Waals surface area contributed by atoms with E-state index in [2.05, 4.69) is 31.2 Å². The van der Waals surface area contributed by atoms with Crippen LogP contribution in [0.5, 0.6) is 0 Å². The number of hydrogen-bond acceptors (Lipinski definition) is 3. The number of ketones is 1. The zero-order chi connectivity index (χ0) is 15.5. The number of aryl methyl sites for hydroxylation is 1. The maximum absolute atomic E-state index is 12.1. The van der Waals surface area contributed by atoms with Crippen molar-refractivity contribution in [3.8, 4) is 0 Å². The highest BCUT2D eigenvalue weighted by Gasteiger charge is 2.65. The van der Waals surface area contributed by atoms with Crippen molar-refractivity contribution in [2.45, 2.75) is 52.4 Å². The summed E-state index contributed by atoms with van der Waals surface area (Å²) in [6.07, 6.45) is 4.02. The third-order valence-electron chi connectivity index (χ3n) is 4.43. The van der Waals surface area contributed by atoms with Gasteiger partial charge in [0.15, 0.2) is 0 Å². The van der Waals surface area contributed by atoms with Crippen LogP contribution in [0.2, 0.25) is 0 Å². The van der Waals surface area contributed by atoms with Gasteiger partial charge in [-0.05, 0) is 44.2 Å². The molecule has 1 aliphatic carbocycles. The number of ether oxygens (including phenoxy) is 1. The van der Waals surface area contributed by atoms with Crippen molar-refractivity contribution in [3.05, 3.63) is 35.4 Å². The van der Waals surface area contributed by atoms with Gasteiger partial charge in [-0.2, -0.15) is 0 Å². The number of rotatable bonds is 7. The molecule has 1 aromatic rings. The van der Waals surface area contributed by atoms with Crippen LogP contribution in [0.4, 0.5) is 0 Å². The first-order valence-electron chi connectivity index (χ1n) is 7.83. The van der Waals surface area contributed by atoms with Gasteiger partial charge in [0.05, 0.1) is 6.61 Å². The summed E-state index contributed by atoms with van der Waals surface area (Å²) in [5.74, 6) is -0.465. The number of carbonyl (C=O) groups excluding carboxylic acids is 2. The zero-order valence-corrected chi connectivity index (χ0v) is 13.1. The van der Waals surface area contributed by atoms with Gasteiger partial charge in [0.1, 0.15) is 11.2 Å². The molecule has 0 heterocycles. The molecule has 0 aliphatic heterocycles. The van der Waals surface area contributed by atoms with Gasteiger partial charge in [0.2, 0.25) is 0 Å². The fourth-order valence-corrected chi connectivity index (χ4v) is 2.98. The summed E-state index contributed by atoms with van der Waals surface area (Å²) in [6, 6.07) is 8.33. The molecule has 1 aromatic carbocycles. The van der Waals surface area contributed by atoms with Gasteiger partial charge >= 0.3 is 5.97 Å². The number of esters is 1. The van der Waals surface area contributed by atoms with Crippen molar-refractivity contribution < 1.29 is 14.3 Å². The second-order valence-electron chi connectivity index (χ2n) is 5.85. The Bertz CT molecular complexity index is 518. The van der Waals surface area contributed by atoms with Crippen LogP contribution in [-0.4, -0.2) is 18.4 Å². The summed E-state index contributed by atoms with van der Waals surface area (Å²) in [5, 5.41) is 0. The van der Waals surface area contributed by atoms with E-state index >= 15 is 0 Å². The molecule has 1 saturated carbocycles. The lowest BCUT2D eigenvalue weighted by molar-refractivity contribution is -0.153. The molecular weight excluding hydrogens is 264 g/mol. The molecule has 0 aromatic heterocycles. The molecule has 21 heavy (non-hydrogen) atoms. The number of carbonyl (C=O) groups is 2. The average molecular weight is 288 g/mol. The van der Waals surface area contributed by atoms with E-state index in [1.807, 2.05) is 0 Å². The lowest BCUT2D eigenvalue weighted by Crippen LogP contribution is -2.27. The molecule has 0 saturated heterocycles. The predicted octanol–water partition coefficient (Wildman–Crippen LogP) is 3.66. The SMILES string of the molecule is CCCCc1ccc(C2CC2(C(C)=O)C(=O)OCC)cc1. The van der Waals surface area contributed by atoms with Gasteiger partial charge in [0.25, 0.3) is 0 Å². The van der Waals surface area contributed by atoms with Gasteiger partial charge < -0.3 is 4.74 Å². The third kappa shape index (κ3) is 3.02. The zero-order valence-electron chi connectivity index (χ0n) is 13.1. The number of benzene rings is 1. The lowest BCUT2D eigenvalue weighted by atomic mass is 9.94. The van der Waals surface area contributed by atoms with Gasteiger partial charge in [-0.3, -0.25) is 9.59 Å². The monoisotopic (exact) mass is 288 g/mol. The number of hydrogen-bond donors (Lipinski definition) is 0. The van der Waals surface area contributed by atoms with Crippen LogP contribution in [0.1, 0.15) is 57.1 Å². The van der Waals surface area contributed by atoms with E-state index in [-0.39, 0.29) is 17.7 Å². The van der Waals surface area contributed by atoms with E-state index in [9.17, 15) is 9.59 Å². The Balaban J connectivity index is 2.12. The summed E-state index contributed by atoms with van der Waals surface area (Å²) in [7, 11) is 0. The second kappa shape index (κ2) is 6.42. The molecule has 0 amide bonds. The minimum Gasteiger partial charge on any atom is -0.465 e. The molecule has 114 valence electrons. The summed E-state index contributed by atoms with van der Waals surface area (Å²) in [6.45, 7) is 5.76. The lowest BCUT2D eigenvalue weighted by Gasteiger charge is -2.13. The standard InChI is InChI=1S/C18H24O3/c1-4-6-7-14-8-10-15(11-9-14)16-12-18(16,13(3)19)17(20)21-5-2/h8-11,16H,4-7,12H2,1-3H3. The minimum absolute atomic E-state index is 0.0192. The topological polar surface area (TPSA) is 43.4 Å². The first kappa shape index (κ1) is 15.7. The van der Waals surface area contributed by atoms with Crippen LogP contribution in [0.3, 0.4) is 0 Å². The first-order valence-corrected chi connectivity index (χ1v) is 7.83. The van der Waals surface area contributed by atoms with E-state index < -0.39 is 5.41 Å². The Morgan fingerprint density at radius 1 is 1.24 bits per heavy atom. The van der Waals surface area contributed by atoms with Gasteiger partial charge in [0, 0.05) is 5.92 Å². The fourth-order valence-electron chi connectivity index (χ4n) is 2.98. The first-order chi connectivity index (χ1) is 10.1. The van der Waals surface area contributed by atoms with Crippen molar-refractivity contribution in [1.82, 2.24) is 0 Å². The highest BCUT2D eigenvalue weighted by molar-refractivity contribution is 6.07. The summed E-state index contributed by atoms with van der Waals surface area (Å²) < 4.78 is 5.10. The molecule has 1 aliphatic rings. The predicted molar refractivity (Wildman–Crippen MR) is 82.2 cm³/mol. The second-order valence-corrected chi connectivity index (χ2v) is 5.85. The molecule has 0 radical (unpaired) electrons. The van der Waals surface area contributed by atoms with E-state index in [1.54, 1.807) is 6.92 Å². The van der Waals surface area contributed by atoms with E-state index in [1.165, 1.54) is 25.3 Å². The van der Waals surface area contributed by atoms with Gasteiger partial charge in [-0.1, -0.05) is 37.6 Å². The normalized spacial score (nSPS) is 23.7. The largest absolute Gasteiger partial charge is 0.465 e. The van der Waals surface area contributed by atoms with Gasteiger partial charge in [-0.15, -0.1) is 0 Å². The van der Waals surface area contributed by atoms with Crippen LogP contribution < -0.4 is 0 Å². The summed E-state index contributed by atoms with van der Waals surface area (Å²) in [5.41, 5.74) is 1.45. The molecule has 1 fully saturated rings. The van der Waals surface area contributed by atoms with Crippen LogP contribution in [-0.2, 0) is 20.7 Å². The molecule has 2 rings (SSSR count). The molecular formula is C18H24O3. The summed E-state index contributed by atoms with van der Waals surface area (Å²) in [4.78, 5) is 24.1. The Morgan fingerprint density at radius 2 is 1.90 bits per heavy atom. The van der Waals surface area contributed by atoms with Gasteiger partial charge in [-0.25, -0.2) is 0 Å². The highest BCUT2D eigenvalue weighted by atomic mass is 16.5. The van der Waals surface area contributed by atoms with Crippen molar-refractivity contribution in [2.75, 3.05) is 6.61 Å². The number of Topliss-reactive ketones (excluding diaryl/α,β-unsaturated/α-hetero) is 1. The molecule has 2 atom stereocenters. The third-order valence-corrected chi connectivity index (χ3v) is 4.43. The molecule has 0 spiro atoms. The van der Waals surface area contributed by atoms with Crippen molar-refractivity contribution in [2.24, 2.45) is 5.41 Å². The molecule has 3 nitrogen and oxygen atoms in total. The van der Waals surface area contributed by atoms with Crippen molar-refractivity contribution in [3.63, 3.8) is 0 Å². The Labute approximate surface area is 126 Å². The van der Waals surface area contributed by atoms with Crippen LogP contribution in [0.15, 0.2) is 24.3 Å². The fraction of sp³-hybridized carbons (Fsp3) is 0.556. The Kier molecular flexibility index (Phi) is 4.81. The van der Waals surface area contributed by atoms with Crippen LogP contribution in [0, 0.1) is 5.41 Å². The average Bonchev–Trinajstić information content (AvgIpc) is 3.23. The Hall–Kier alpha value is -1.64. The smallest absolute Gasteiger partial charge is 0.320 e. The molecule has 3 heteroatoms. The molecule has 0 bridgehead atoms. The van der Waals surface area contributed by atoms with Crippen molar-refractivity contribution in [1.29, 1.82) is 0 Å². The molecule has 0 N–H and O–H groups in total. The maximum atomic E-state index is 12.1. The summed E-state index contributed by atoms with van der Waals surface area (Å²) >= 11 is 0. The Morgan fingerprint density at radius 3 is 2.43 bits per heavy atom. The highest BCUT2D eigenvalue weighted by Crippen LogP contribution is 2.60. The number of unbranched alkanes of at least 4 members (excludes halogenated alkanes) is 1. The quantitative estimate of drug-likeness (QED) is 0.568. The molecule has 2 unspecified atom stereocenters.